The Kier molecular flexibility index (Phi) is 7.35. The molecule has 4 amide bonds. The van der Waals surface area contributed by atoms with Crippen molar-refractivity contribution >= 4 is 29.6 Å². The molecule has 0 spiro atoms. The lowest BCUT2D eigenvalue weighted by Gasteiger charge is -2.27. The summed E-state index contributed by atoms with van der Waals surface area (Å²) >= 11 is 0. The third-order valence-corrected chi connectivity index (χ3v) is 4.53. The van der Waals surface area contributed by atoms with Gasteiger partial charge < -0.3 is 15.5 Å². The van der Waals surface area contributed by atoms with Crippen LogP contribution in [0.15, 0.2) is 0 Å². The first-order valence-corrected chi connectivity index (χ1v) is 9.53. The summed E-state index contributed by atoms with van der Waals surface area (Å²) in [5.41, 5.74) is 0. The molecule has 2 heterocycles. The molecule has 0 aromatic rings. The Bertz CT molecular complexity index is 669. The Labute approximate surface area is 165 Å². The van der Waals surface area contributed by atoms with Crippen molar-refractivity contribution in [2.75, 3.05) is 19.6 Å². The summed E-state index contributed by atoms with van der Waals surface area (Å²) in [4.78, 5) is 65.1. The quantitative estimate of drug-likeness (QED) is 0.301. The molecule has 0 bridgehead atoms. The van der Waals surface area contributed by atoms with E-state index in [0.717, 1.165) is 6.42 Å². The molecular formula is C18H28N4O6. The van der Waals surface area contributed by atoms with Gasteiger partial charge in [0.2, 0.25) is 11.8 Å². The fourth-order valence-electron chi connectivity index (χ4n) is 3.10. The molecule has 28 heavy (non-hydrogen) atoms. The molecule has 0 radical (unpaired) electrons. The number of imide groups is 1. The van der Waals surface area contributed by atoms with E-state index >= 15 is 0 Å². The van der Waals surface area contributed by atoms with Crippen LogP contribution in [0.5, 0.6) is 0 Å². The maximum absolute atomic E-state index is 12.4. The van der Waals surface area contributed by atoms with Crippen molar-refractivity contribution in [3.8, 4) is 0 Å². The van der Waals surface area contributed by atoms with Crippen molar-refractivity contribution < 1.29 is 30.2 Å². The van der Waals surface area contributed by atoms with E-state index in [-0.39, 0.29) is 50.7 Å². The lowest BCUT2D eigenvalue weighted by Crippen LogP contribution is -2.46. The number of nitrogens with zero attached hydrogens (tertiary/aromatic N) is 2. The highest BCUT2D eigenvalue weighted by Gasteiger charge is 2.33. The van der Waals surface area contributed by atoms with E-state index in [9.17, 15) is 24.0 Å². The minimum absolute atomic E-state index is 0.00163. The van der Waals surface area contributed by atoms with Crippen LogP contribution in [0, 0.1) is 0 Å². The SMILES string of the molecule is [2H]C1(C(=O)NCCC(=O)[15NH][13CH2][13CH2][13C](=O)ON2C(=O)CCC2=O)CCCN1C([13CH3])[13CH3]. The molecule has 0 saturated carbocycles. The van der Waals surface area contributed by atoms with Crippen molar-refractivity contribution in [1.29, 1.82) is 0 Å². The normalized spacial score (nSPS) is 23.1. The number of rotatable bonds is 9. The molecule has 10 heteroatoms. The third-order valence-electron chi connectivity index (χ3n) is 4.53. The molecule has 1 atom stereocenters. The van der Waals surface area contributed by atoms with E-state index in [2.05, 4.69) is 15.5 Å². The number of likely N-dealkylation sites (tertiary alicyclic amines) is 1. The number of hydroxylamine groups is 2. The topological polar surface area (TPSA) is 125 Å². The van der Waals surface area contributed by atoms with Crippen LogP contribution >= 0.6 is 0 Å². The second-order valence-electron chi connectivity index (χ2n) is 6.99. The van der Waals surface area contributed by atoms with Gasteiger partial charge in [-0.3, -0.25) is 24.1 Å². The standard InChI is InChI=1S/C18H28N4O6/c1-12(2)21-11-3-4-13(21)18(27)20-9-7-14(23)19-10-8-17(26)28-22-15(24)5-6-16(22)25/h12-13H,3-11H2,1-2H3,(H,19,23)(H,20,27)/i1+1,2+1,8+1,10+1,13D,17+1,19+1. The molecule has 0 aromatic carbocycles. The molecule has 1 unspecified atom stereocenters. The van der Waals surface area contributed by atoms with Crippen LogP contribution in [0.25, 0.3) is 0 Å². The first-order valence-electron chi connectivity index (χ1n) is 10.0. The maximum Gasteiger partial charge on any atom is 0.334 e. The highest BCUT2D eigenvalue weighted by molar-refractivity contribution is 6.01. The molecule has 2 rings (SSSR count). The van der Waals surface area contributed by atoms with Gasteiger partial charge in [-0.15, -0.1) is 5.06 Å². The number of amides is 4. The molecule has 2 N–H and O–H groups in total. The van der Waals surface area contributed by atoms with Crippen molar-refractivity contribution in [2.45, 2.75) is 64.4 Å². The van der Waals surface area contributed by atoms with Crippen LogP contribution in [0.4, 0.5) is 0 Å². The molecule has 0 aromatic heterocycles. The molecule has 10 nitrogen and oxygen atoms in total. The zero-order chi connectivity index (χ0) is 21.6. The van der Waals surface area contributed by atoms with E-state index in [0.29, 0.717) is 18.0 Å². The Hall–Kier alpha value is -2.49. The van der Waals surface area contributed by atoms with Crippen LogP contribution in [0.2, 0.25) is 0 Å². The number of carbonyl (C=O) groups excluding carboxylic acids is 5. The molecule has 2 fully saturated rings. The van der Waals surface area contributed by atoms with Crippen molar-refractivity contribution in [1.82, 2.24) is 20.6 Å². The molecule has 2 aliphatic rings. The van der Waals surface area contributed by atoms with Gasteiger partial charge in [0.05, 0.1) is 13.8 Å². The number of hydrogen-bond donors (Lipinski definition) is 2. The monoisotopic (exact) mass is 403 g/mol. The predicted octanol–water partition coefficient (Wildman–Crippen LogP) is -0.521. The van der Waals surface area contributed by atoms with Gasteiger partial charge in [0.25, 0.3) is 11.8 Å². The average molecular weight is 403 g/mol. The Morgan fingerprint density at radius 2 is 1.79 bits per heavy atom. The van der Waals surface area contributed by atoms with Gasteiger partial charge in [-0.1, -0.05) is 0 Å². The smallest absolute Gasteiger partial charge is 0.334 e. The van der Waals surface area contributed by atoms with E-state index < -0.39 is 29.7 Å². The summed E-state index contributed by atoms with van der Waals surface area (Å²) in [6.45, 7) is 4.63. The van der Waals surface area contributed by atoms with Crippen LogP contribution in [0.3, 0.4) is 0 Å². The van der Waals surface area contributed by atoms with Crippen molar-refractivity contribution in [3.63, 3.8) is 0 Å². The van der Waals surface area contributed by atoms with Gasteiger partial charge >= 0.3 is 5.97 Å². The third kappa shape index (κ3) is 6.01. The molecule has 156 valence electrons. The Morgan fingerprint density at radius 3 is 2.43 bits per heavy atom. The fourth-order valence-corrected chi connectivity index (χ4v) is 3.10. The fraction of sp³-hybridized carbons (Fsp3) is 0.722. The minimum atomic E-state index is -1.31. The zero-order valence-electron chi connectivity index (χ0n) is 17.3. The van der Waals surface area contributed by atoms with Crippen LogP contribution in [-0.4, -0.2) is 71.3 Å². The first kappa shape index (κ1) is 20.2. The maximum atomic E-state index is 12.4. The van der Waals surface area contributed by atoms with Crippen LogP contribution in [0.1, 0.15) is 53.7 Å². The first-order chi connectivity index (χ1) is 13.6. The van der Waals surface area contributed by atoms with E-state index in [1.807, 2.05) is 18.7 Å². The average Bonchev–Trinajstić information content (AvgIpc) is 3.20. The second kappa shape index (κ2) is 10.2. The number of carbonyl (C=O) groups is 5. The predicted molar refractivity (Wildman–Crippen MR) is 97.3 cm³/mol. The molecular weight excluding hydrogens is 374 g/mol. The summed E-state index contributed by atoms with van der Waals surface area (Å²) < 4.78 is 8.45. The lowest BCUT2D eigenvalue weighted by atomic mass is 10.2. The summed E-state index contributed by atoms with van der Waals surface area (Å²) in [6.07, 6.45) is 1.07. The molecule has 2 saturated heterocycles. The van der Waals surface area contributed by atoms with Crippen LogP contribution < -0.4 is 10.6 Å². The van der Waals surface area contributed by atoms with Gasteiger partial charge in [-0.25, -0.2) is 4.79 Å². The van der Waals surface area contributed by atoms with E-state index in [1.54, 1.807) is 0 Å². The minimum Gasteiger partial charge on any atom is -0.355 e. The van der Waals surface area contributed by atoms with Gasteiger partial charge in [0.15, 0.2) is 0 Å². The number of nitrogens with one attached hydrogen (secondary N) is 2. The van der Waals surface area contributed by atoms with Gasteiger partial charge in [-0.2, -0.15) is 0 Å². The highest BCUT2D eigenvalue weighted by atomic mass is 16.8. The summed E-state index contributed by atoms with van der Waals surface area (Å²) in [7, 11) is 0. The summed E-state index contributed by atoms with van der Waals surface area (Å²) in [5, 5.41) is 5.60. The summed E-state index contributed by atoms with van der Waals surface area (Å²) in [5.74, 6) is -2.71. The Balaban J connectivity index is 1.63. The van der Waals surface area contributed by atoms with Gasteiger partial charge in [-0.05, 0) is 33.2 Å². The summed E-state index contributed by atoms with van der Waals surface area (Å²) in [6, 6.07) is -1.23. The Morgan fingerprint density at radius 1 is 1.14 bits per heavy atom. The number of hydrogen-bond acceptors (Lipinski definition) is 7. The van der Waals surface area contributed by atoms with E-state index in [1.165, 1.54) is 0 Å². The largest absolute Gasteiger partial charge is 0.355 e. The molecule has 0 aliphatic carbocycles. The van der Waals surface area contributed by atoms with E-state index in [4.69, 9.17) is 1.37 Å². The highest BCUT2D eigenvalue weighted by Crippen LogP contribution is 2.19. The second-order valence-corrected chi connectivity index (χ2v) is 6.99. The van der Waals surface area contributed by atoms with Gasteiger partial charge in [0, 0.05) is 38.4 Å². The van der Waals surface area contributed by atoms with Crippen molar-refractivity contribution in [2.24, 2.45) is 0 Å². The molecule has 2 aliphatic heterocycles. The lowest BCUT2D eigenvalue weighted by molar-refractivity contribution is -0.197. The zero-order valence-corrected chi connectivity index (χ0v) is 16.3. The van der Waals surface area contributed by atoms with Crippen LogP contribution in [-0.2, 0) is 28.8 Å². The van der Waals surface area contributed by atoms with Gasteiger partial charge in [0.1, 0.15) is 0 Å². The van der Waals surface area contributed by atoms with Crippen molar-refractivity contribution in [3.05, 3.63) is 0 Å².